The zero-order valence-corrected chi connectivity index (χ0v) is 23.7. The zero-order chi connectivity index (χ0) is 32.4. The van der Waals surface area contributed by atoms with Gasteiger partial charge in [0, 0.05) is 14.1 Å². The second-order valence-corrected chi connectivity index (χ2v) is 10.4. The van der Waals surface area contributed by atoms with Gasteiger partial charge >= 0.3 is 17.9 Å². The quantitative estimate of drug-likeness (QED) is 0.182. The number of rotatable bonds is 10. The summed E-state index contributed by atoms with van der Waals surface area (Å²) < 4.78 is 49.8. The van der Waals surface area contributed by atoms with Gasteiger partial charge in [-0.1, -0.05) is 41.5 Å². The maximum atomic E-state index is 13.0. The van der Waals surface area contributed by atoms with E-state index in [0.717, 1.165) is 10.8 Å². The van der Waals surface area contributed by atoms with Crippen molar-refractivity contribution in [2.24, 2.45) is 22.7 Å². The summed E-state index contributed by atoms with van der Waals surface area (Å²) >= 11 is 0. The highest BCUT2D eigenvalue weighted by atomic mass is 16.7. The third-order valence-electron chi connectivity index (χ3n) is 5.80. The summed E-state index contributed by atoms with van der Waals surface area (Å²) in [5.41, 5.74) is -2.50. The van der Waals surface area contributed by atoms with Gasteiger partial charge in [-0.3, -0.25) is 14.4 Å². The van der Waals surface area contributed by atoms with Gasteiger partial charge in [0.2, 0.25) is 5.60 Å². The van der Waals surface area contributed by atoms with Crippen LogP contribution in [0.4, 0.5) is 5.82 Å². The monoisotopic (exact) mass is 559 g/mol. The Labute approximate surface area is 237 Å². The van der Waals surface area contributed by atoms with Crippen molar-refractivity contribution in [3.05, 3.63) is 24.1 Å². The van der Waals surface area contributed by atoms with E-state index in [2.05, 4.69) is 15.1 Å². The van der Waals surface area contributed by atoms with Crippen molar-refractivity contribution in [2.45, 2.75) is 65.5 Å². The molecule has 3 rings (SSSR count). The second kappa shape index (κ2) is 12.4. The first-order valence-electron chi connectivity index (χ1n) is 14.2. The minimum atomic E-state index is -2.97. The van der Waals surface area contributed by atoms with E-state index in [9.17, 15) is 19.6 Å². The van der Waals surface area contributed by atoms with Crippen LogP contribution in [0.5, 0.6) is 0 Å². The van der Waals surface area contributed by atoms with Gasteiger partial charge < -0.3 is 23.8 Å². The summed E-state index contributed by atoms with van der Waals surface area (Å²) in [6.07, 6.45) is -2.92. The summed E-state index contributed by atoms with van der Waals surface area (Å²) in [5.74, 6) is -4.63. The van der Waals surface area contributed by atoms with E-state index >= 15 is 0 Å². The van der Waals surface area contributed by atoms with E-state index in [1.165, 1.54) is 40.1 Å². The van der Waals surface area contributed by atoms with Gasteiger partial charge in [-0.15, -0.1) is 0 Å². The first-order chi connectivity index (χ1) is 20.0. The standard InChI is InChI=1S/C27H36N6O7/c1-15(2)24(34)37-11-19-21(38-25(35)16(3)4)22(39-26(36)17(5)6)27(12-28,40-19)20-10-9-18-23(30-14-32(7)8)29-13-31-33(18)20/h9-10,13-17,19,21-22H,11H2,1-8H3/t19-,21-,22-,27+/m1/s1/i9D,11D2. The Kier molecular flexibility index (Phi) is 8.13. The van der Waals surface area contributed by atoms with E-state index in [1.807, 2.05) is 6.07 Å². The molecular weight excluding hydrogens is 520 g/mol. The van der Waals surface area contributed by atoms with Gasteiger partial charge in [-0.05, 0) is 12.1 Å². The lowest BCUT2D eigenvalue weighted by Crippen LogP contribution is -2.47. The Morgan fingerprint density at radius 2 is 1.82 bits per heavy atom. The molecule has 0 unspecified atom stereocenters. The zero-order valence-electron chi connectivity index (χ0n) is 26.7. The van der Waals surface area contributed by atoms with Crippen molar-refractivity contribution in [1.29, 1.82) is 5.26 Å². The first-order valence-corrected chi connectivity index (χ1v) is 12.7. The van der Waals surface area contributed by atoms with E-state index in [0.29, 0.717) is 0 Å². The average molecular weight is 560 g/mol. The smallest absolute Gasteiger partial charge is 0.308 e. The molecule has 2 aromatic rings. The Bertz CT molecular complexity index is 1450. The summed E-state index contributed by atoms with van der Waals surface area (Å²) in [4.78, 5) is 48.4. The normalized spacial score (nSPS) is 24.1. The first kappa shape index (κ1) is 26.2. The average Bonchev–Trinajstić information content (AvgIpc) is 3.43. The molecule has 13 nitrogen and oxygen atoms in total. The Morgan fingerprint density at radius 3 is 2.40 bits per heavy atom. The molecule has 1 fully saturated rings. The number of aliphatic imine (C=N–C) groups is 1. The largest absolute Gasteiger partial charge is 0.463 e. The number of hydrogen-bond donors (Lipinski definition) is 0. The van der Waals surface area contributed by atoms with Crippen LogP contribution in [0.2, 0.25) is 0 Å². The summed E-state index contributed by atoms with van der Waals surface area (Å²) in [6.45, 7) is 6.17. The minimum absolute atomic E-state index is 0.0659. The van der Waals surface area contributed by atoms with E-state index in [1.54, 1.807) is 32.8 Å². The number of carbonyl (C=O) groups is 3. The highest BCUT2D eigenvalue weighted by molar-refractivity contribution is 5.74. The fourth-order valence-electron chi connectivity index (χ4n) is 3.59. The number of hydrogen-bond acceptors (Lipinski definition) is 11. The van der Waals surface area contributed by atoms with Crippen molar-refractivity contribution in [2.75, 3.05) is 20.7 Å². The number of fused-ring (bicyclic) bond motifs is 1. The Balaban J connectivity index is 2.34. The Hall–Kier alpha value is -4.05. The Morgan fingerprint density at radius 1 is 1.20 bits per heavy atom. The molecule has 1 aliphatic rings. The molecule has 0 aromatic carbocycles. The fourth-order valence-corrected chi connectivity index (χ4v) is 3.59. The van der Waals surface area contributed by atoms with E-state index in [4.69, 9.17) is 23.1 Å². The van der Waals surface area contributed by atoms with Gasteiger partial charge in [-0.25, -0.2) is 14.5 Å². The molecule has 0 saturated carbocycles. The molecule has 0 spiro atoms. The van der Waals surface area contributed by atoms with E-state index in [-0.39, 0.29) is 23.1 Å². The third kappa shape index (κ3) is 6.22. The van der Waals surface area contributed by atoms with Gasteiger partial charge in [0.25, 0.3) is 0 Å². The number of aromatic nitrogens is 3. The molecule has 0 amide bonds. The third-order valence-corrected chi connectivity index (χ3v) is 5.80. The van der Waals surface area contributed by atoms with Crippen LogP contribution in [0.3, 0.4) is 0 Å². The van der Waals surface area contributed by atoms with Gasteiger partial charge in [-0.2, -0.15) is 10.4 Å². The van der Waals surface area contributed by atoms with Crippen molar-refractivity contribution in [3.8, 4) is 6.07 Å². The van der Waals surface area contributed by atoms with Gasteiger partial charge in [0.1, 0.15) is 30.6 Å². The van der Waals surface area contributed by atoms with Crippen LogP contribution in [0.25, 0.3) is 5.52 Å². The molecule has 40 heavy (non-hydrogen) atoms. The van der Waals surface area contributed by atoms with Crippen molar-refractivity contribution in [1.82, 2.24) is 19.5 Å². The van der Waals surface area contributed by atoms with Crippen molar-refractivity contribution in [3.63, 3.8) is 0 Å². The lowest BCUT2D eigenvalue weighted by molar-refractivity contribution is -0.174. The maximum Gasteiger partial charge on any atom is 0.308 e. The summed E-state index contributed by atoms with van der Waals surface area (Å²) in [7, 11) is 3.47. The summed E-state index contributed by atoms with van der Waals surface area (Å²) in [5, 5.41) is 14.9. The molecule has 1 aliphatic heterocycles. The molecule has 4 atom stereocenters. The van der Waals surface area contributed by atoms with Crippen molar-refractivity contribution < 1.29 is 37.4 Å². The lowest BCUT2D eigenvalue weighted by Gasteiger charge is -2.29. The van der Waals surface area contributed by atoms with Crippen LogP contribution in [0, 0.1) is 29.1 Å². The fraction of sp³-hybridized carbons (Fsp3) is 0.593. The van der Waals surface area contributed by atoms with Crippen LogP contribution in [0.15, 0.2) is 23.4 Å². The summed E-state index contributed by atoms with van der Waals surface area (Å²) in [6, 6.07) is 3.01. The SMILES string of the molecule is [2H]c1cc([C@]2(C#N)O[C@H](C([2H])([2H])OC(=O)C(C)C)[C@@H](OC(=O)C(C)C)[C@H]2OC(=O)C(C)C)n2ncnc(N=CN(C)C)c12. The number of nitriles is 1. The van der Waals surface area contributed by atoms with Crippen molar-refractivity contribution >= 4 is 35.6 Å². The molecule has 216 valence electrons. The van der Waals surface area contributed by atoms with Crippen LogP contribution < -0.4 is 0 Å². The lowest BCUT2D eigenvalue weighted by atomic mass is 9.91. The molecule has 0 aliphatic carbocycles. The van der Waals surface area contributed by atoms with Crippen LogP contribution in [-0.2, 0) is 38.9 Å². The van der Waals surface area contributed by atoms with Crippen LogP contribution >= 0.6 is 0 Å². The molecule has 0 bridgehead atoms. The number of carbonyl (C=O) groups excluding carboxylic acids is 3. The molecule has 0 N–H and O–H groups in total. The number of nitrogens with zero attached hydrogens (tertiary/aromatic N) is 6. The predicted molar refractivity (Wildman–Crippen MR) is 142 cm³/mol. The number of ether oxygens (including phenoxy) is 4. The van der Waals surface area contributed by atoms with Gasteiger partial charge in [0.05, 0.1) is 33.9 Å². The highest BCUT2D eigenvalue weighted by Gasteiger charge is 2.63. The molecule has 0 radical (unpaired) electrons. The highest BCUT2D eigenvalue weighted by Crippen LogP contribution is 2.44. The topological polar surface area (TPSA) is 158 Å². The molecule has 1 saturated heterocycles. The molecule has 3 heterocycles. The van der Waals surface area contributed by atoms with Crippen LogP contribution in [-0.4, -0.2) is 82.7 Å². The molecular formula is C27H36N6O7. The molecule has 13 heteroatoms. The van der Waals surface area contributed by atoms with Crippen LogP contribution in [0.1, 0.15) is 51.3 Å². The second-order valence-electron chi connectivity index (χ2n) is 10.4. The molecule has 2 aromatic heterocycles. The minimum Gasteiger partial charge on any atom is -0.463 e. The van der Waals surface area contributed by atoms with Gasteiger partial charge in [0.15, 0.2) is 18.0 Å². The predicted octanol–water partition coefficient (Wildman–Crippen LogP) is 2.40. The maximum absolute atomic E-state index is 13.0. The number of esters is 3. The van der Waals surface area contributed by atoms with E-state index < -0.39 is 66.1 Å².